The van der Waals surface area contributed by atoms with Gasteiger partial charge in [-0.25, -0.2) is 4.79 Å². The molecule has 0 atom stereocenters. The quantitative estimate of drug-likeness (QED) is 0.0422. The van der Waals surface area contributed by atoms with Crippen molar-refractivity contribution in [1.82, 2.24) is 0 Å². The Labute approximate surface area is 291 Å². The summed E-state index contributed by atoms with van der Waals surface area (Å²) in [6, 6.07) is 0. The second kappa shape index (κ2) is 35.9. The second-order valence-electron chi connectivity index (χ2n) is 11.9. The molecule has 0 radical (unpaired) electrons. The summed E-state index contributed by atoms with van der Waals surface area (Å²) < 4.78 is 9.38. The standard InChI is InChI=1S/4C7H18N.C5H8O6.BO3/c4*1-5-8(4,6-2)7-3;1-2-9-3-10-11-5(8)4(6)7;2-1(3)4/h4*5-7H2,1-4H3;2-3H2,1H3,(H,6,7);/q4*+1;;-3/p-1. The van der Waals surface area contributed by atoms with Gasteiger partial charge in [0.1, 0.15) is 0 Å². The summed E-state index contributed by atoms with van der Waals surface area (Å²) >= 11 is 0. The lowest BCUT2D eigenvalue weighted by atomic mass is 10.3. The van der Waals surface area contributed by atoms with Crippen LogP contribution in [0.2, 0.25) is 0 Å². The zero-order valence-corrected chi connectivity index (χ0v) is 33.9. The van der Waals surface area contributed by atoms with Gasteiger partial charge in [-0.05, 0) is 90.0 Å². The zero-order chi connectivity index (χ0) is 38.8. The van der Waals surface area contributed by atoms with E-state index >= 15 is 0 Å². The van der Waals surface area contributed by atoms with Gasteiger partial charge in [-0.1, -0.05) is 0 Å². The maximum absolute atomic E-state index is 10.0. The molecular formula is C33H79BN4O9. The molecular weight excluding hydrogens is 607 g/mol. The third-order valence-electron chi connectivity index (χ3n) is 9.80. The Hall–Kier alpha value is -1.36. The van der Waals surface area contributed by atoms with E-state index in [4.69, 9.17) is 15.1 Å². The average Bonchev–Trinajstić information content (AvgIpc) is 3.09. The average molecular weight is 687 g/mol. The Morgan fingerprint density at radius 3 is 0.787 bits per heavy atom. The number of carboxylic acid groups (broad SMARTS) is 1. The van der Waals surface area contributed by atoms with Crippen LogP contribution >= 0.6 is 0 Å². The fourth-order valence-electron chi connectivity index (χ4n) is 2.91. The van der Waals surface area contributed by atoms with Gasteiger partial charge in [0.2, 0.25) is 0 Å². The first-order valence-electron chi connectivity index (χ1n) is 17.6. The summed E-state index contributed by atoms with van der Waals surface area (Å²) in [5.74, 6) is -3.54. The number of hydrogen-bond donors (Lipinski definition) is 0. The normalized spacial score (nSPS) is 10.9. The van der Waals surface area contributed by atoms with E-state index in [2.05, 4.69) is 126 Å². The molecule has 0 aromatic rings. The van der Waals surface area contributed by atoms with E-state index in [1.165, 1.54) is 96.5 Å². The highest BCUT2D eigenvalue weighted by Gasteiger charge is 2.13. The third-order valence-corrected chi connectivity index (χ3v) is 9.80. The van der Waals surface area contributed by atoms with Gasteiger partial charge in [0, 0.05) is 6.61 Å². The van der Waals surface area contributed by atoms with Crippen LogP contribution in [0.25, 0.3) is 0 Å². The van der Waals surface area contributed by atoms with Crippen molar-refractivity contribution in [3.8, 4) is 0 Å². The van der Waals surface area contributed by atoms with Crippen molar-refractivity contribution in [2.75, 3.05) is 120 Å². The van der Waals surface area contributed by atoms with Crippen molar-refractivity contribution < 1.29 is 62.2 Å². The van der Waals surface area contributed by atoms with Crippen LogP contribution in [-0.2, 0) is 24.1 Å². The van der Waals surface area contributed by atoms with E-state index < -0.39 is 19.3 Å². The monoisotopic (exact) mass is 687 g/mol. The van der Waals surface area contributed by atoms with Crippen LogP contribution < -0.4 is 20.2 Å². The molecule has 0 saturated carbocycles. The molecule has 0 heterocycles. The maximum atomic E-state index is 10.0. The molecule has 0 unspecified atom stereocenters. The molecule has 0 spiro atoms. The van der Waals surface area contributed by atoms with Gasteiger partial charge < -0.3 is 47.6 Å². The van der Waals surface area contributed by atoms with Crippen LogP contribution in [0.5, 0.6) is 0 Å². The molecule has 0 aliphatic rings. The Bertz CT molecular complexity index is 567. The lowest BCUT2D eigenvalue weighted by Gasteiger charge is -2.35. The number of carboxylic acids is 1. The predicted molar refractivity (Wildman–Crippen MR) is 186 cm³/mol. The summed E-state index contributed by atoms with van der Waals surface area (Å²) in [6.07, 6.45) is 0. The first-order valence-corrected chi connectivity index (χ1v) is 17.6. The van der Waals surface area contributed by atoms with Crippen molar-refractivity contribution in [1.29, 1.82) is 0 Å². The van der Waals surface area contributed by atoms with Crippen molar-refractivity contribution in [2.45, 2.75) is 90.0 Å². The smallest absolute Gasteiger partial charge is 0.388 e. The first kappa shape index (κ1) is 57.9. The topological polar surface area (TPSA) is 154 Å². The van der Waals surface area contributed by atoms with Gasteiger partial charge in [0.15, 0.2) is 12.8 Å². The SMILES string of the molecule is CCOCOOC(=O)C(=O)[O-].CC[N+](C)(CC)CC.CC[N+](C)(CC)CC.CC[N+](C)(CC)CC.CC[N+](C)(CC)CC.[O-]B([O-])[O-]. The van der Waals surface area contributed by atoms with E-state index in [1.54, 1.807) is 6.92 Å². The largest absolute Gasteiger partial charge is 0.907 e. The van der Waals surface area contributed by atoms with Crippen LogP contribution in [0.3, 0.4) is 0 Å². The minimum Gasteiger partial charge on any atom is -0.907 e. The van der Waals surface area contributed by atoms with E-state index in [0.717, 1.165) is 0 Å². The number of hydrogen-bond acceptors (Lipinski definition) is 9. The summed E-state index contributed by atoms with van der Waals surface area (Å²) in [4.78, 5) is 27.4. The van der Waals surface area contributed by atoms with Crippen molar-refractivity contribution in [2.24, 2.45) is 0 Å². The van der Waals surface area contributed by atoms with E-state index in [1.807, 2.05) is 0 Å². The summed E-state index contributed by atoms with van der Waals surface area (Å²) in [7, 11) is 6.25. The summed E-state index contributed by atoms with van der Waals surface area (Å²) in [6.45, 7) is 43.8. The zero-order valence-electron chi connectivity index (χ0n) is 33.9. The van der Waals surface area contributed by atoms with Gasteiger partial charge in [-0.3, -0.25) is 12.2 Å². The highest BCUT2D eigenvalue weighted by molar-refractivity contribution is 6.27. The highest BCUT2D eigenvalue weighted by Crippen LogP contribution is 1.99. The van der Waals surface area contributed by atoms with E-state index in [9.17, 15) is 14.7 Å². The maximum Gasteiger partial charge on any atom is 0.388 e. The van der Waals surface area contributed by atoms with E-state index in [-0.39, 0.29) is 6.79 Å². The fraction of sp³-hybridized carbons (Fsp3) is 0.939. The van der Waals surface area contributed by atoms with Gasteiger partial charge >= 0.3 is 5.97 Å². The van der Waals surface area contributed by atoms with Gasteiger partial charge in [0.05, 0.1) is 107 Å². The number of nitrogens with zero attached hydrogens (tertiary/aromatic N) is 4. The second-order valence-corrected chi connectivity index (χ2v) is 11.9. The fourth-order valence-corrected chi connectivity index (χ4v) is 2.91. The van der Waals surface area contributed by atoms with Gasteiger partial charge in [0.25, 0.3) is 0 Å². The molecule has 0 aliphatic carbocycles. The Morgan fingerprint density at radius 2 is 0.681 bits per heavy atom. The molecule has 13 nitrogen and oxygen atoms in total. The Balaban J connectivity index is -0.000000109. The number of quaternary nitrogens is 4. The summed E-state index contributed by atoms with van der Waals surface area (Å²) in [5.41, 5.74) is 0. The Kier molecular flexibility index (Phi) is 44.3. The number of carbonyl (C=O) groups is 2. The van der Waals surface area contributed by atoms with Crippen molar-refractivity contribution in [3.63, 3.8) is 0 Å². The minimum absolute atomic E-state index is 0.296. The number of rotatable bonds is 16. The molecule has 0 amide bonds. The predicted octanol–water partition coefficient (Wildman–Crippen LogP) is 0.228. The van der Waals surface area contributed by atoms with Crippen LogP contribution in [0.4, 0.5) is 0 Å². The van der Waals surface area contributed by atoms with Crippen LogP contribution in [0.1, 0.15) is 90.0 Å². The van der Waals surface area contributed by atoms with Crippen LogP contribution in [-0.4, -0.2) is 157 Å². The molecule has 0 fully saturated rings. The number of carbonyl (C=O) groups excluding carboxylic acids is 2. The third kappa shape index (κ3) is 40.7. The van der Waals surface area contributed by atoms with Gasteiger partial charge in [-0.15, -0.1) is 0 Å². The van der Waals surface area contributed by atoms with Crippen LogP contribution in [0, 0.1) is 0 Å². The van der Waals surface area contributed by atoms with Crippen LogP contribution in [0.15, 0.2) is 0 Å². The molecule has 0 N–H and O–H groups in total. The molecule has 0 aliphatic heterocycles. The molecule has 0 aromatic heterocycles. The number of aliphatic carboxylic acids is 1. The molecule has 0 saturated heterocycles. The molecule has 0 aromatic carbocycles. The number of ether oxygens (including phenoxy) is 1. The molecule has 288 valence electrons. The minimum atomic E-state index is -2.92. The molecule has 0 bridgehead atoms. The lowest BCUT2D eigenvalue weighted by molar-refractivity contribution is -0.904. The van der Waals surface area contributed by atoms with E-state index in [0.29, 0.717) is 6.61 Å². The molecule has 14 heteroatoms. The van der Waals surface area contributed by atoms with Crippen molar-refractivity contribution in [3.05, 3.63) is 0 Å². The molecule has 0 rings (SSSR count). The lowest BCUT2D eigenvalue weighted by Crippen LogP contribution is -2.56. The molecule has 47 heavy (non-hydrogen) atoms. The van der Waals surface area contributed by atoms with Gasteiger partial charge in [-0.2, -0.15) is 4.89 Å². The highest BCUT2D eigenvalue weighted by atomic mass is 17.2. The first-order chi connectivity index (χ1) is 21.6. The Morgan fingerprint density at radius 1 is 0.489 bits per heavy atom. The van der Waals surface area contributed by atoms with Crippen molar-refractivity contribution >= 4 is 19.3 Å². The summed E-state index contributed by atoms with van der Waals surface area (Å²) in [5, 5.41) is 34.9.